The van der Waals surface area contributed by atoms with Crippen molar-refractivity contribution in [3.8, 4) is 28.1 Å². The van der Waals surface area contributed by atoms with Crippen molar-refractivity contribution in [2.24, 2.45) is 0 Å². The lowest BCUT2D eigenvalue weighted by atomic mass is 9.89. The van der Waals surface area contributed by atoms with Gasteiger partial charge < -0.3 is 0 Å². The molecule has 0 atom stereocenters. The number of fused-ring (bicyclic) bond motifs is 7. The third-order valence-corrected chi connectivity index (χ3v) is 9.09. The van der Waals surface area contributed by atoms with Crippen LogP contribution in [0.5, 0.6) is 0 Å². The van der Waals surface area contributed by atoms with Gasteiger partial charge in [0.15, 0.2) is 0 Å². The largest absolute Gasteiger partial charge is 0.296 e. The zero-order valence-electron chi connectivity index (χ0n) is 24.9. The van der Waals surface area contributed by atoms with Gasteiger partial charge in [0.05, 0.1) is 22.2 Å². The van der Waals surface area contributed by atoms with Gasteiger partial charge in [-0.25, -0.2) is 9.97 Å². The summed E-state index contributed by atoms with van der Waals surface area (Å²) in [5.74, 6) is 1.06. The van der Waals surface area contributed by atoms with Gasteiger partial charge in [-0.05, 0) is 75.1 Å². The summed E-state index contributed by atoms with van der Waals surface area (Å²) in [6.07, 6.45) is 0.853. The Morgan fingerprint density at radius 1 is 0.511 bits per heavy atom. The van der Waals surface area contributed by atoms with E-state index >= 15 is 0 Å². The molecular formula is C42H29N3. The average molecular weight is 576 g/mol. The summed E-state index contributed by atoms with van der Waals surface area (Å²) in [6, 6.07) is 52.3. The molecule has 7 aromatic carbocycles. The maximum Gasteiger partial charge on any atom is 0.114 e. The van der Waals surface area contributed by atoms with E-state index in [9.17, 15) is 0 Å². The third kappa shape index (κ3) is 4.05. The number of aromatic nitrogens is 3. The van der Waals surface area contributed by atoms with E-state index in [-0.39, 0.29) is 0 Å². The molecule has 9 aromatic rings. The number of para-hydroxylation sites is 3. The van der Waals surface area contributed by atoms with E-state index < -0.39 is 0 Å². The standard InChI is InChI=1S/C42H29N3/c1-2-40-43-38-20-9-10-21-39(38)45(40)31-15-11-14-29(25-31)35-26-36-41(33-17-6-5-16-32(33)35)34-18-7-8-19-37(34)44-42(36)30-23-22-27-12-3-4-13-28(27)24-30/h3-26H,2H2,1H3. The molecule has 3 nitrogen and oxygen atoms in total. The van der Waals surface area contributed by atoms with Gasteiger partial charge in [-0.1, -0.05) is 110 Å². The number of hydrogen-bond acceptors (Lipinski definition) is 2. The van der Waals surface area contributed by atoms with E-state index in [2.05, 4.69) is 157 Å². The molecule has 0 radical (unpaired) electrons. The number of pyridine rings is 1. The van der Waals surface area contributed by atoms with Crippen LogP contribution in [0.15, 0.2) is 146 Å². The molecule has 9 rings (SSSR count). The maximum absolute atomic E-state index is 5.32. The Labute approximate surface area is 261 Å². The molecule has 0 bridgehead atoms. The molecule has 0 aliphatic rings. The zero-order chi connectivity index (χ0) is 29.9. The highest BCUT2D eigenvalue weighted by molar-refractivity contribution is 6.25. The fourth-order valence-corrected chi connectivity index (χ4v) is 7.02. The van der Waals surface area contributed by atoms with Gasteiger partial charge in [0.25, 0.3) is 0 Å². The molecule has 0 aliphatic carbocycles. The molecular weight excluding hydrogens is 546 g/mol. The van der Waals surface area contributed by atoms with Crippen LogP contribution < -0.4 is 0 Å². The predicted molar refractivity (Wildman–Crippen MR) is 189 cm³/mol. The number of aryl methyl sites for hydroxylation is 1. The summed E-state index contributed by atoms with van der Waals surface area (Å²) < 4.78 is 2.30. The van der Waals surface area contributed by atoms with Crippen LogP contribution in [0, 0.1) is 0 Å². The first-order valence-electron chi connectivity index (χ1n) is 15.6. The Morgan fingerprint density at radius 2 is 1.24 bits per heavy atom. The van der Waals surface area contributed by atoms with Gasteiger partial charge in [-0.3, -0.25) is 4.57 Å². The van der Waals surface area contributed by atoms with Gasteiger partial charge in [-0.2, -0.15) is 0 Å². The van der Waals surface area contributed by atoms with Gasteiger partial charge >= 0.3 is 0 Å². The summed E-state index contributed by atoms with van der Waals surface area (Å²) in [4.78, 5) is 10.3. The number of benzene rings is 7. The smallest absolute Gasteiger partial charge is 0.114 e. The van der Waals surface area contributed by atoms with Crippen molar-refractivity contribution in [2.75, 3.05) is 0 Å². The van der Waals surface area contributed by atoms with Crippen LogP contribution in [0.2, 0.25) is 0 Å². The molecule has 3 heteroatoms. The zero-order valence-corrected chi connectivity index (χ0v) is 24.9. The lowest BCUT2D eigenvalue weighted by Gasteiger charge is -2.17. The summed E-state index contributed by atoms with van der Waals surface area (Å²) in [6.45, 7) is 2.17. The monoisotopic (exact) mass is 575 g/mol. The summed E-state index contributed by atoms with van der Waals surface area (Å²) in [7, 11) is 0. The van der Waals surface area contributed by atoms with Crippen LogP contribution in [-0.4, -0.2) is 14.5 Å². The first-order valence-corrected chi connectivity index (χ1v) is 15.6. The van der Waals surface area contributed by atoms with Crippen LogP contribution in [0.3, 0.4) is 0 Å². The molecule has 0 unspecified atom stereocenters. The molecule has 0 saturated carbocycles. The molecule has 0 aliphatic heterocycles. The third-order valence-electron chi connectivity index (χ3n) is 9.09. The first kappa shape index (κ1) is 25.7. The number of rotatable bonds is 4. The minimum atomic E-state index is 0.853. The van der Waals surface area contributed by atoms with E-state index in [1.807, 2.05) is 0 Å². The number of imidazole rings is 1. The summed E-state index contributed by atoms with van der Waals surface area (Å²) in [5.41, 5.74) is 8.77. The van der Waals surface area contributed by atoms with Crippen molar-refractivity contribution in [3.05, 3.63) is 151 Å². The van der Waals surface area contributed by atoms with Crippen molar-refractivity contribution in [1.82, 2.24) is 14.5 Å². The minimum absolute atomic E-state index is 0.853. The van der Waals surface area contributed by atoms with E-state index in [0.717, 1.165) is 51.1 Å². The van der Waals surface area contributed by atoms with E-state index in [1.165, 1.54) is 43.4 Å². The molecule has 0 fully saturated rings. The van der Waals surface area contributed by atoms with E-state index in [0.29, 0.717) is 0 Å². The Hall–Kier alpha value is -5.80. The second kappa shape index (κ2) is 10.1. The Bertz CT molecular complexity index is 2590. The van der Waals surface area contributed by atoms with E-state index in [1.54, 1.807) is 0 Å². The Balaban J connectivity index is 1.36. The van der Waals surface area contributed by atoms with Crippen molar-refractivity contribution in [1.29, 1.82) is 0 Å². The molecule has 2 heterocycles. The highest BCUT2D eigenvalue weighted by Crippen LogP contribution is 2.42. The fourth-order valence-electron chi connectivity index (χ4n) is 7.02. The highest BCUT2D eigenvalue weighted by atomic mass is 15.1. The summed E-state index contributed by atoms with van der Waals surface area (Å²) >= 11 is 0. The number of hydrogen-bond donors (Lipinski definition) is 0. The topological polar surface area (TPSA) is 30.7 Å². The molecule has 0 spiro atoms. The predicted octanol–water partition coefficient (Wildman–Crippen LogP) is 10.9. The number of nitrogens with zero attached hydrogens (tertiary/aromatic N) is 3. The molecule has 0 amide bonds. The van der Waals surface area contributed by atoms with Gasteiger partial charge in [0, 0.05) is 33.8 Å². The Morgan fingerprint density at radius 3 is 2.11 bits per heavy atom. The second-order valence-corrected chi connectivity index (χ2v) is 11.7. The average Bonchev–Trinajstić information content (AvgIpc) is 3.49. The maximum atomic E-state index is 5.32. The van der Waals surface area contributed by atoms with Crippen LogP contribution in [0.4, 0.5) is 0 Å². The Kier molecular flexibility index (Phi) is 5.79. The van der Waals surface area contributed by atoms with Crippen LogP contribution >= 0.6 is 0 Å². The van der Waals surface area contributed by atoms with Crippen LogP contribution in [0.25, 0.3) is 82.3 Å². The van der Waals surface area contributed by atoms with Crippen molar-refractivity contribution in [3.63, 3.8) is 0 Å². The van der Waals surface area contributed by atoms with Crippen molar-refractivity contribution < 1.29 is 0 Å². The molecule has 2 aromatic heterocycles. The molecule has 212 valence electrons. The quantitative estimate of drug-likeness (QED) is 0.195. The molecule has 45 heavy (non-hydrogen) atoms. The van der Waals surface area contributed by atoms with Crippen molar-refractivity contribution in [2.45, 2.75) is 13.3 Å². The lowest BCUT2D eigenvalue weighted by molar-refractivity contribution is 0.908. The lowest BCUT2D eigenvalue weighted by Crippen LogP contribution is -2.00. The van der Waals surface area contributed by atoms with Crippen molar-refractivity contribution >= 4 is 54.3 Å². The highest BCUT2D eigenvalue weighted by Gasteiger charge is 2.18. The van der Waals surface area contributed by atoms with Gasteiger partial charge in [-0.15, -0.1) is 0 Å². The molecule has 0 saturated heterocycles. The summed E-state index contributed by atoms with van der Waals surface area (Å²) in [5, 5.41) is 8.48. The van der Waals surface area contributed by atoms with Gasteiger partial charge in [0.1, 0.15) is 5.82 Å². The normalized spacial score (nSPS) is 11.8. The van der Waals surface area contributed by atoms with E-state index in [4.69, 9.17) is 9.97 Å². The fraction of sp³-hybridized carbons (Fsp3) is 0.0476. The van der Waals surface area contributed by atoms with Gasteiger partial charge in [0.2, 0.25) is 0 Å². The first-order chi connectivity index (χ1) is 22.3. The second-order valence-electron chi connectivity index (χ2n) is 11.7. The minimum Gasteiger partial charge on any atom is -0.296 e. The SMILES string of the molecule is CCc1nc2ccccc2n1-c1cccc(-c2cc3c(-c4ccc5ccccc5c4)nc4ccccc4c3c3ccccc23)c1. The van der Waals surface area contributed by atoms with Crippen LogP contribution in [-0.2, 0) is 6.42 Å². The van der Waals surface area contributed by atoms with Crippen LogP contribution in [0.1, 0.15) is 12.7 Å². The molecule has 0 N–H and O–H groups in total.